The van der Waals surface area contributed by atoms with Crippen LogP contribution in [0.15, 0.2) is 66.7 Å². The Hall–Kier alpha value is -4.39. The molecule has 0 fully saturated rings. The van der Waals surface area contributed by atoms with E-state index in [1.165, 1.54) is 12.1 Å². The van der Waals surface area contributed by atoms with E-state index in [0.29, 0.717) is 5.56 Å². The largest absolute Gasteiger partial charge is 0.416 e. The van der Waals surface area contributed by atoms with Crippen molar-refractivity contribution in [2.24, 2.45) is 0 Å². The van der Waals surface area contributed by atoms with E-state index in [2.05, 4.69) is 19.9 Å². The van der Waals surface area contributed by atoms with Crippen molar-refractivity contribution in [2.75, 3.05) is 0 Å². The van der Waals surface area contributed by atoms with Crippen LogP contribution < -0.4 is 0 Å². The summed E-state index contributed by atoms with van der Waals surface area (Å²) in [5.74, 6) is 0. The average Bonchev–Trinajstić information content (AvgIpc) is 3.58. The molecule has 2 N–H and O–H groups in total. The quantitative estimate of drug-likeness (QED) is 0.273. The maximum absolute atomic E-state index is 13.0. The van der Waals surface area contributed by atoms with Crippen molar-refractivity contribution in [1.29, 1.82) is 0 Å². The number of hydrogen-bond donors (Lipinski definition) is 2. The van der Waals surface area contributed by atoms with Crippen molar-refractivity contribution >= 4 is 46.4 Å². The van der Waals surface area contributed by atoms with Gasteiger partial charge in [0.15, 0.2) is 0 Å². The predicted octanol–water partition coefficient (Wildman–Crippen LogP) is 7.34. The summed E-state index contributed by atoms with van der Waals surface area (Å²) in [5, 5.41) is 0. The monoisotopic (exact) mass is 454 g/mol. The van der Waals surface area contributed by atoms with Crippen molar-refractivity contribution < 1.29 is 13.2 Å². The van der Waals surface area contributed by atoms with Crippen molar-refractivity contribution in [3.05, 3.63) is 95.1 Å². The highest BCUT2D eigenvalue weighted by Crippen LogP contribution is 2.33. The van der Waals surface area contributed by atoms with Gasteiger partial charge in [-0.3, -0.25) is 0 Å². The molecular formula is C27H17F3N4. The lowest BCUT2D eigenvalue weighted by atomic mass is 10.0. The second-order valence-corrected chi connectivity index (χ2v) is 8.16. The van der Waals surface area contributed by atoms with Crippen molar-refractivity contribution in [3.8, 4) is 11.1 Å². The van der Waals surface area contributed by atoms with Crippen molar-refractivity contribution in [3.63, 3.8) is 0 Å². The lowest BCUT2D eigenvalue weighted by Crippen LogP contribution is -2.03. The van der Waals surface area contributed by atoms with Crippen LogP contribution in [-0.4, -0.2) is 19.9 Å². The standard InChI is InChI=1S/C27H17F3N4/c28-27(29,30)17-3-1-16(2-4-17)25-14-24-13-22-8-7-20(32-22)11-18-5-6-19(31-18)12-21-9-10-23(33-21)15-26(25)34-24/h1-15,31,34H. The van der Waals surface area contributed by atoms with Gasteiger partial charge in [0.05, 0.1) is 28.3 Å². The molecule has 8 bridgehead atoms. The number of hydrogen-bond acceptors (Lipinski definition) is 2. The van der Waals surface area contributed by atoms with Gasteiger partial charge >= 0.3 is 6.18 Å². The smallest absolute Gasteiger partial charge is 0.355 e. The van der Waals surface area contributed by atoms with Gasteiger partial charge in [0.1, 0.15) is 0 Å². The molecule has 34 heavy (non-hydrogen) atoms. The van der Waals surface area contributed by atoms with Crippen LogP contribution in [-0.2, 0) is 6.18 Å². The van der Waals surface area contributed by atoms with Crippen molar-refractivity contribution in [2.45, 2.75) is 6.18 Å². The van der Waals surface area contributed by atoms with Crippen LogP contribution >= 0.6 is 0 Å². The Balaban J connectivity index is 1.60. The molecule has 0 atom stereocenters. The molecular weight excluding hydrogens is 437 g/mol. The fraction of sp³-hybridized carbons (Fsp3) is 0.0370. The van der Waals surface area contributed by atoms with Crippen LogP contribution in [0.2, 0.25) is 0 Å². The third kappa shape index (κ3) is 3.92. The third-order valence-electron chi connectivity index (χ3n) is 5.69. The Morgan fingerprint density at radius 3 is 1.65 bits per heavy atom. The van der Waals surface area contributed by atoms with E-state index in [1.54, 1.807) is 0 Å². The number of benzene rings is 1. The zero-order valence-electron chi connectivity index (χ0n) is 17.7. The van der Waals surface area contributed by atoms with Crippen LogP contribution in [0, 0.1) is 0 Å². The maximum Gasteiger partial charge on any atom is 0.416 e. The molecule has 1 aromatic carbocycles. The lowest BCUT2D eigenvalue weighted by molar-refractivity contribution is -0.137. The third-order valence-corrected chi connectivity index (χ3v) is 5.69. The van der Waals surface area contributed by atoms with Gasteiger partial charge in [0.2, 0.25) is 0 Å². The highest BCUT2D eigenvalue weighted by molar-refractivity contribution is 5.87. The summed E-state index contributed by atoms with van der Waals surface area (Å²) in [6.07, 6.45) is 3.31. The number of fused-ring (bicyclic) bond motifs is 8. The Labute approximate surface area is 192 Å². The molecule has 4 nitrogen and oxygen atoms in total. The highest BCUT2D eigenvalue weighted by Gasteiger charge is 2.30. The number of aromatic nitrogens is 4. The molecule has 0 saturated carbocycles. The fourth-order valence-electron chi connectivity index (χ4n) is 4.10. The van der Waals surface area contributed by atoms with Crippen LogP contribution in [0.25, 0.3) is 57.5 Å². The molecule has 166 valence electrons. The number of nitrogens with one attached hydrogen (secondary N) is 2. The molecule has 0 unspecified atom stereocenters. The normalized spacial score (nSPS) is 12.9. The molecule has 7 heteroatoms. The molecule has 0 spiro atoms. The number of halogens is 3. The molecule has 3 aromatic heterocycles. The Morgan fingerprint density at radius 2 is 1.09 bits per heavy atom. The lowest BCUT2D eigenvalue weighted by Gasteiger charge is -2.07. The van der Waals surface area contributed by atoms with Crippen LogP contribution in [0.4, 0.5) is 13.2 Å². The molecule has 0 aliphatic carbocycles. The molecule has 2 aliphatic rings. The average molecular weight is 454 g/mol. The number of rotatable bonds is 1. The van der Waals surface area contributed by atoms with Crippen LogP contribution in [0.1, 0.15) is 28.3 Å². The summed E-state index contributed by atoms with van der Waals surface area (Å²) in [7, 11) is 0. The van der Waals surface area contributed by atoms with Crippen LogP contribution in [0.3, 0.4) is 0 Å². The number of nitrogens with zero attached hydrogens (tertiary/aromatic N) is 2. The SMILES string of the molecule is FC(F)(F)c1ccc(-c2cc3cc4nc(cc5ccc(cc6nc(cc2[nH]3)C=C6)[nH]5)C=C4)cc1. The van der Waals surface area contributed by atoms with Gasteiger partial charge in [-0.2, -0.15) is 13.2 Å². The summed E-state index contributed by atoms with van der Waals surface area (Å²) >= 11 is 0. The Morgan fingerprint density at radius 1 is 0.559 bits per heavy atom. The zero-order valence-corrected chi connectivity index (χ0v) is 17.7. The first-order chi connectivity index (χ1) is 16.4. The van der Waals surface area contributed by atoms with Crippen molar-refractivity contribution in [1.82, 2.24) is 19.9 Å². The van der Waals surface area contributed by atoms with Gasteiger partial charge in [-0.05, 0) is 84.5 Å². The Bertz CT molecular complexity index is 1630. The summed E-state index contributed by atoms with van der Waals surface area (Å²) in [5.41, 5.74) is 7.33. The summed E-state index contributed by atoms with van der Waals surface area (Å²) < 4.78 is 39.1. The summed E-state index contributed by atoms with van der Waals surface area (Å²) in [6, 6.07) is 18.8. The molecule has 4 aromatic rings. The van der Waals surface area contributed by atoms with Gasteiger partial charge in [-0.1, -0.05) is 12.1 Å². The highest BCUT2D eigenvalue weighted by atomic mass is 19.4. The number of aromatic amines is 2. The van der Waals surface area contributed by atoms with E-state index < -0.39 is 11.7 Å². The minimum atomic E-state index is -4.38. The van der Waals surface area contributed by atoms with E-state index in [1.807, 2.05) is 66.8 Å². The van der Waals surface area contributed by atoms with Gasteiger partial charge in [0, 0.05) is 27.6 Å². The maximum atomic E-state index is 13.0. The topological polar surface area (TPSA) is 57.4 Å². The fourth-order valence-corrected chi connectivity index (χ4v) is 4.10. The van der Waals surface area contributed by atoms with Gasteiger partial charge in [-0.15, -0.1) is 0 Å². The van der Waals surface area contributed by atoms with E-state index in [0.717, 1.165) is 62.5 Å². The van der Waals surface area contributed by atoms with E-state index in [-0.39, 0.29) is 0 Å². The summed E-state index contributed by atoms with van der Waals surface area (Å²) in [4.78, 5) is 16.0. The molecule has 0 saturated heterocycles. The molecule has 0 radical (unpaired) electrons. The molecule has 5 heterocycles. The van der Waals surface area contributed by atoms with E-state index >= 15 is 0 Å². The van der Waals surface area contributed by atoms with Crippen LogP contribution in [0.5, 0.6) is 0 Å². The van der Waals surface area contributed by atoms with Gasteiger partial charge in [0.25, 0.3) is 0 Å². The predicted molar refractivity (Wildman–Crippen MR) is 129 cm³/mol. The number of H-pyrrole nitrogens is 2. The second-order valence-electron chi connectivity index (χ2n) is 8.16. The van der Waals surface area contributed by atoms with E-state index in [9.17, 15) is 13.2 Å². The summed E-state index contributed by atoms with van der Waals surface area (Å²) in [6.45, 7) is 0. The second kappa shape index (κ2) is 7.59. The minimum Gasteiger partial charge on any atom is -0.355 e. The van der Waals surface area contributed by atoms with Gasteiger partial charge < -0.3 is 9.97 Å². The zero-order chi connectivity index (χ0) is 23.3. The van der Waals surface area contributed by atoms with Gasteiger partial charge in [-0.25, -0.2) is 9.97 Å². The Kier molecular flexibility index (Phi) is 4.52. The minimum absolute atomic E-state index is 0.675. The van der Waals surface area contributed by atoms with E-state index in [4.69, 9.17) is 0 Å². The first-order valence-corrected chi connectivity index (χ1v) is 10.7. The molecule has 0 amide bonds. The first-order valence-electron chi connectivity index (χ1n) is 10.7. The molecule has 2 aliphatic heterocycles. The molecule has 6 rings (SSSR count). The first kappa shape index (κ1) is 20.2. The number of alkyl halides is 3.